The van der Waals surface area contributed by atoms with Crippen molar-refractivity contribution >= 4 is 50.7 Å². The van der Waals surface area contributed by atoms with Gasteiger partial charge in [-0.1, -0.05) is 47.5 Å². The van der Waals surface area contributed by atoms with E-state index < -0.39 is 34.4 Å². The van der Waals surface area contributed by atoms with E-state index in [1.807, 2.05) is 0 Å². The number of methoxy groups -OCH3 is 1. The van der Waals surface area contributed by atoms with Crippen LogP contribution in [0.15, 0.2) is 77.7 Å². The first-order valence-corrected chi connectivity index (χ1v) is 13.4. The van der Waals surface area contributed by atoms with Crippen LogP contribution in [0.4, 0.5) is 5.69 Å². The predicted octanol–water partition coefficient (Wildman–Crippen LogP) is 4.36. The fourth-order valence-corrected chi connectivity index (χ4v) is 5.42. The third kappa shape index (κ3) is 6.74. The fraction of sp³-hybridized carbons (Fsp3) is 0.231. The summed E-state index contributed by atoms with van der Waals surface area (Å²) in [4.78, 5) is 27.5. The van der Waals surface area contributed by atoms with Crippen molar-refractivity contribution in [3.8, 4) is 5.75 Å². The third-order valence-electron chi connectivity index (χ3n) is 5.73. The van der Waals surface area contributed by atoms with Crippen molar-refractivity contribution in [2.75, 3.05) is 25.0 Å². The minimum Gasteiger partial charge on any atom is -0.497 e. The standard InChI is InChI=1S/C26H27Cl2N3O5S/c1-18(26(33)29-2)30(16-19-7-4-5-10-24(19)28)25(32)17-31(21-9-6-8-20(27)15-21)37(34,35)23-13-11-22(36-3)12-14-23/h4-15,18H,16-17H2,1-3H3,(H,29,33). The molecule has 0 aliphatic heterocycles. The molecule has 0 heterocycles. The first-order chi connectivity index (χ1) is 17.6. The zero-order chi connectivity index (χ0) is 27.2. The van der Waals surface area contributed by atoms with Crippen LogP contribution in [0.1, 0.15) is 12.5 Å². The van der Waals surface area contributed by atoms with Crippen molar-refractivity contribution in [1.29, 1.82) is 0 Å². The Morgan fingerprint density at radius 2 is 1.68 bits per heavy atom. The molecule has 0 radical (unpaired) electrons. The van der Waals surface area contributed by atoms with E-state index in [-0.39, 0.29) is 17.1 Å². The Kier molecular flexibility index (Phi) is 9.42. The lowest BCUT2D eigenvalue weighted by Crippen LogP contribution is -2.50. The predicted molar refractivity (Wildman–Crippen MR) is 145 cm³/mol. The third-order valence-corrected chi connectivity index (χ3v) is 8.13. The molecule has 8 nitrogen and oxygen atoms in total. The molecule has 1 unspecified atom stereocenters. The summed E-state index contributed by atoms with van der Waals surface area (Å²) in [5, 5.41) is 3.25. The SMILES string of the molecule is CNC(=O)C(C)N(Cc1ccccc1Cl)C(=O)CN(c1cccc(Cl)c1)S(=O)(=O)c1ccc(OC)cc1. The van der Waals surface area contributed by atoms with Crippen LogP contribution in [0.5, 0.6) is 5.75 Å². The number of carbonyl (C=O) groups is 2. The summed E-state index contributed by atoms with van der Waals surface area (Å²) < 4.78 is 33.6. The highest BCUT2D eigenvalue weighted by Crippen LogP contribution is 2.28. The number of anilines is 1. The second kappa shape index (κ2) is 12.3. The first-order valence-electron chi connectivity index (χ1n) is 11.2. The maximum Gasteiger partial charge on any atom is 0.264 e. The lowest BCUT2D eigenvalue weighted by molar-refractivity contribution is -0.139. The molecule has 0 saturated carbocycles. The van der Waals surface area contributed by atoms with Gasteiger partial charge in [-0.05, 0) is 61.0 Å². The van der Waals surface area contributed by atoms with Gasteiger partial charge in [0.05, 0.1) is 17.7 Å². The van der Waals surface area contributed by atoms with Gasteiger partial charge in [0.1, 0.15) is 18.3 Å². The van der Waals surface area contributed by atoms with Crippen LogP contribution in [0, 0.1) is 0 Å². The maximum absolute atomic E-state index is 13.7. The Bertz CT molecular complexity index is 1370. The molecule has 1 N–H and O–H groups in total. The van der Waals surface area contributed by atoms with Crippen LogP contribution in [-0.4, -0.2) is 51.9 Å². The molecule has 0 aliphatic rings. The summed E-state index contributed by atoms with van der Waals surface area (Å²) in [7, 11) is -1.28. The van der Waals surface area contributed by atoms with Gasteiger partial charge in [0, 0.05) is 23.6 Å². The molecular formula is C26H27Cl2N3O5S. The van der Waals surface area contributed by atoms with E-state index in [1.165, 1.54) is 49.4 Å². The van der Waals surface area contributed by atoms with Gasteiger partial charge < -0.3 is 15.0 Å². The van der Waals surface area contributed by atoms with Gasteiger partial charge in [0.15, 0.2) is 0 Å². The molecular weight excluding hydrogens is 537 g/mol. The minimum absolute atomic E-state index is 0.000930. The molecule has 3 aromatic carbocycles. The maximum atomic E-state index is 13.7. The number of likely N-dealkylation sites (N-methyl/N-ethyl adjacent to an activating group) is 1. The largest absolute Gasteiger partial charge is 0.497 e. The molecule has 37 heavy (non-hydrogen) atoms. The highest BCUT2D eigenvalue weighted by molar-refractivity contribution is 7.92. The van der Waals surface area contributed by atoms with E-state index in [9.17, 15) is 18.0 Å². The number of ether oxygens (including phenoxy) is 1. The minimum atomic E-state index is -4.21. The van der Waals surface area contributed by atoms with E-state index in [4.69, 9.17) is 27.9 Å². The van der Waals surface area contributed by atoms with E-state index in [2.05, 4.69) is 5.32 Å². The van der Waals surface area contributed by atoms with Crippen LogP contribution in [0.2, 0.25) is 10.0 Å². The van der Waals surface area contributed by atoms with Gasteiger partial charge in [0.2, 0.25) is 11.8 Å². The highest BCUT2D eigenvalue weighted by Gasteiger charge is 2.32. The highest BCUT2D eigenvalue weighted by atomic mass is 35.5. The Labute approximate surface area is 226 Å². The molecule has 196 valence electrons. The van der Waals surface area contributed by atoms with Crippen LogP contribution < -0.4 is 14.4 Å². The van der Waals surface area contributed by atoms with Gasteiger partial charge in [-0.25, -0.2) is 8.42 Å². The van der Waals surface area contributed by atoms with Gasteiger partial charge in [-0.2, -0.15) is 0 Å². The molecule has 0 aliphatic carbocycles. The van der Waals surface area contributed by atoms with E-state index in [0.29, 0.717) is 21.4 Å². The molecule has 0 bridgehead atoms. The van der Waals surface area contributed by atoms with Crippen molar-refractivity contribution in [2.24, 2.45) is 0 Å². The van der Waals surface area contributed by atoms with Crippen molar-refractivity contribution in [3.63, 3.8) is 0 Å². The molecule has 0 saturated heterocycles. The Morgan fingerprint density at radius 3 is 2.27 bits per heavy atom. The Hall–Kier alpha value is -3.27. The normalized spacial score (nSPS) is 11.9. The van der Waals surface area contributed by atoms with Gasteiger partial charge in [0.25, 0.3) is 10.0 Å². The number of halogens is 2. The summed E-state index contributed by atoms with van der Waals surface area (Å²) in [6, 6.07) is 18.0. The molecule has 0 fully saturated rings. The molecule has 1 atom stereocenters. The summed E-state index contributed by atoms with van der Waals surface area (Å²) in [5.41, 5.74) is 0.808. The lowest BCUT2D eigenvalue weighted by Gasteiger charge is -2.32. The number of amides is 2. The fourth-order valence-electron chi connectivity index (χ4n) is 3.64. The van der Waals surface area contributed by atoms with Crippen molar-refractivity contribution in [2.45, 2.75) is 24.4 Å². The van der Waals surface area contributed by atoms with Gasteiger partial charge in [-0.15, -0.1) is 0 Å². The molecule has 0 aromatic heterocycles. The topological polar surface area (TPSA) is 96.0 Å². The van der Waals surface area contributed by atoms with Crippen molar-refractivity contribution < 1.29 is 22.7 Å². The lowest BCUT2D eigenvalue weighted by atomic mass is 10.1. The monoisotopic (exact) mass is 563 g/mol. The summed E-state index contributed by atoms with van der Waals surface area (Å²) in [6.07, 6.45) is 0. The Morgan fingerprint density at radius 1 is 1.00 bits per heavy atom. The Balaban J connectivity index is 2.04. The van der Waals surface area contributed by atoms with Crippen molar-refractivity contribution in [1.82, 2.24) is 10.2 Å². The second-order valence-corrected chi connectivity index (χ2v) is 10.8. The van der Waals surface area contributed by atoms with Crippen LogP contribution in [-0.2, 0) is 26.2 Å². The summed E-state index contributed by atoms with van der Waals surface area (Å²) in [5.74, 6) is -0.532. The first kappa shape index (κ1) is 28.3. The van der Waals surface area contributed by atoms with Crippen LogP contribution >= 0.6 is 23.2 Å². The second-order valence-electron chi connectivity index (χ2n) is 8.07. The summed E-state index contributed by atoms with van der Waals surface area (Å²) >= 11 is 12.5. The van der Waals surface area contributed by atoms with Crippen LogP contribution in [0.3, 0.4) is 0 Å². The molecule has 3 rings (SSSR count). The number of rotatable bonds is 10. The van der Waals surface area contributed by atoms with Crippen LogP contribution in [0.25, 0.3) is 0 Å². The quantitative estimate of drug-likeness (QED) is 0.395. The number of hydrogen-bond acceptors (Lipinski definition) is 5. The smallest absolute Gasteiger partial charge is 0.264 e. The van der Waals surface area contributed by atoms with E-state index >= 15 is 0 Å². The molecule has 3 aromatic rings. The average Bonchev–Trinajstić information content (AvgIpc) is 2.90. The number of sulfonamides is 1. The molecule has 0 spiro atoms. The van der Waals surface area contributed by atoms with E-state index in [1.54, 1.807) is 49.4 Å². The zero-order valence-corrected chi connectivity index (χ0v) is 22.8. The number of hydrogen-bond donors (Lipinski definition) is 1. The summed E-state index contributed by atoms with van der Waals surface area (Å²) in [6.45, 7) is 0.981. The number of carbonyl (C=O) groups excluding carboxylic acids is 2. The van der Waals surface area contributed by atoms with E-state index in [0.717, 1.165) is 4.31 Å². The van der Waals surface area contributed by atoms with Gasteiger partial charge >= 0.3 is 0 Å². The zero-order valence-electron chi connectivity index (χ0n) is 20.5. The molecule has 11 heteroatoms. The van der Waals surface area contributed by atoms with Gasteiger partial charge in [-0.3, -0.25) is 13.9 Å². The number of nitrogens with zero attached hydrogens (tertiary/aromatic N) is 2. The van der Waals surface area contributed by atoms with Crippen molar-refractivity contribution in [3.05, 3.63) is 88.4 Å². The number of nitrogens with one attached hydrogen (secondary N) is 1. The number of benzene rings is 3. The molecule has 2 amide bonds. The average molecular weight is 564 g/mol.